The van der Waals surface area contributed by atoms with Gasteiger partial charge in [-0.15, -0.1) is 0 Å². The number of aromatic amines is 1. The minimum Gasteiger partial charge on any atom is -0.332 e. The average molecular weight is 469 g/mol. The van der Waals surface area contributed by atoms with Crippen molar-refractivity contribution >= 4 is 45.8 Å². The van der Waals surface area contributed by atoms with Gasteiger partial charge in [-0.3, -0.25) is 5.10 Å². The Morgan fingerprint density at radius 3 is 2.71 bits per heavy atom. The van der Waals surface area contributed by atoms with Gasteiger partial charge in [0.05, 0.1) is 40.3 Å². The molecular formula is C19H13Cl2F3N6O. The molecule has 31 heavy (non-hydrogen) atoms. The monoisotopic (exact) mass is 468 g/mol. The van der Waals surface area contributed by atoms with E-state index >= 15 is 0 Å². The van der Waals surface area contributed by atoms with Crippen LogP contribution in [0.15, 0.2) is 48.7 Å². The van der Waals surface area contributed by atoms with Gasteiger partial charge in [-0.25, -0.2) is 9.48 Å². The zero-order chi connectivity index (χ0) is 22.2. The lowest BCUT2D eigenvalue weighted by Gasteiger charge is -2.11. The van der Waals surface area contributed by atoms with Crippen molar-refractivity contribution in [2.24, 2.45) is 0 Å². The van der Waals surface area contributed by atoms with Gasteiger partial charge in [0.2, 0.25) is 0 Å². The second-order valence-electron chi connectivity index (χ2n) is 6.47. The number of alkyl halides is 3. The summed E-state index contributed by atoms with van der Waals surface area (Å²) in [6, 6.07) is 9.69. The third-order valence-electron chi connectivity index (χ3n) is 4.37. The molecule has 4 aromatic rings. The molecule has 0 bridgehead atoms. The third-order valence-corrected chi connectivity index (χ3v) is 4.92. The molecule has 0 fully saturated rings. The molecule has 2 aromatic heterocycles. The summed E-state index contributed by atoms with van der Waals surface area (Å²) in [5.74, 6) is 0. The van der Waals surface area contributed by atoms with Gasteiger partial charge in [-0.05, 0) is 36.4 Å². The predicted octanol–water partition coefficient (Wildman–Crippen LogP) is 5.40. The first-order chi connectivity index (χ1) is 14.7. The van der Waals surface area contributed by atoms with Gasteiger partial charge in [0.15, 0.2) is 5.69 Å². The van der Waals surface area contributed by atoms with Gasteiger partial charge in [-0.1, -0.05) is 29.3 Å². The number of nitrogens with one attached hydrogen (secondary N) is 3. The Kier molecular flexibility index (Phi) is 5.50. The Labute approximate surface area is 183 Å². The summed E-state index contributed by atoms with van der Waals surface area (Å²) in [4.78, 5) is 12.4. The lowest BCUT2D eigenvalue weighted by molar-refractivity contribution is -0.141. The van der Waals surface area contributed by atoms with Gasteiger partial charge >= 0.3 is 12.2 Å². The van der Waals surface area contributed by atoms with Crippen LogP contribution >= 0.6 is 23.2 Å². The molecule has 0 unspecified atom stereocenters. The molecule has 2 aromatic carbocycles. The first-order valence-corrected chi connectivity index (χ1v) is 9.56. The SMILES string of the molecule is O=C(NCc1cc(C(F)(F)F)nn1-c1cccc(Cl)c1)Nc1c(Cl)ccc2[nH]ncc12. The highest BCUT2D eigenvalue weighted by Gasteiger charge is 2.35. The molecule has 0 aliphatic carbocycles. The van der Waals surface area contributed by atoms with E-state index in [9.17, 15) is 18.0 Å². The van der Waals surface area contributed by atoms with E-state index in [2.05, 4.69) is 25.9 Å². The van der Waals surface area contributed by atoms with Gasteiger partial charge < -0.3 is 10.6 Å². The number of hydrogen-bond acceptors (Lipinski definition) is 3. The van der Waals surface area contributed by atoms with E-state index < -0.39 is 17.9 Å². The number of benzene rings is 2. The van der Waals surface area contributed by atoms with Gasteiger partial charge in [0.1, 0.15) is 0 Å². The smallest absolute Gasteiger partial charge is 0.332 e. The zero-order valence-electron chi connectivity index (χ0n) is 15.5. The second-order valence-corrected chi connectivity index (χ2v) is 7.32. The summed E-state index contributed by atoms with van der Waals surface area (Å²) in [5.41, 5.74) is 0.331. The lowest BCUT2D eigenvalue weighted by Crippen LogP contribution is -2.29. The molecule has 12 heteroatoms. The highest BCUT2D eigenvalue weighted by molar-refractivity contribution is 6.35. The highest BCUT2D eigenvalue weighted by Crippen LogP contribution is 2.31. The molecule has 0 aliphatic heterocycles. The minimum absolute atomic E-state index is 0.109. The van der Waals surface area contributed by atoms with Crippen molar-refractivity contribution in [2.75, 3.05) is 5.32 Å². The van der Waals surface area contributed by atoms with Crippen molar-refractivity contribution in [3.63, 3.8) is 0 Å². The van der Waals surface area contributed by atoms with Gasteiger partial charge in [-0.2, -0.15) is 23.4 Å². The molecule has 0 aliphatic rings. The second kappa shape index (κ2) is 8.12. The highest BCUT2D eigenvalue weighted by atomic mass is 35.5. The van der Waals surface area contributed by atoms with Crippen LogP contribution < -0.4 is 10.6 Å². The van der Waals surface area contributed by atoms with Crippen LogP contribution in [0.3, 0.4) is 0 Å². The Balaban J connectivity index is 1.57. The molecular weight excluding hydrogens is 456 g/mol. The van der Waals surface area contributed by atoms with Crippen LogP contribution in [-0.2, 0) is 12.7 Å². The molecule has 160 valence electrons. The molecule has 0 saturated heterocycles. The van der Waals surface area contributed by atoms with Gasteiger partial charge in [0.25, 0.3) is 0 Å². The fraction of sp³-hybridized carbons (Fsp3) is 0.105. The third kappa shape index (κ3) is 4.44. The molecule has 2 amide bonds. The maximum atomic E-state index is 13.2. The summed E-state index contributed by atoms with van der Waals surface area (Å²) in [7, 11) is 0. The lowest BCUT2D eigenvalue weighted by atomic mass is 10.2. The van der Waals surface area contributed by atoms with E-state index in [1.807, 2.05) is 0 Å². The molecule has 0 radical (unpaired) electrons. The summed E-state index contributed by atoms with van der Waals surface area (Å²) in [5, 5.41) is 16.6. The van der Waals surface area contributed by atoms with Crippen LogP contribution in [-0.4, -0.2) is 26.0 Å². The number of halogens is 5. The maximum Gasteiger partial charge on any atom is 0.435 e. The number of hydrogen-bond donors (Lipinski definition) is 3. The molecule has 0 atom stereocenters. The fourth-order valence-corrected chi connectivity index (χ4v) is 3.36. The Hall–Kier alpha value is -3.24. The number of rotatable bonds is 4. The quantitative estimate of drug-likeness (QED) is 0.374. The van der Waals surface area contributed by atoms with Crippen LogP contribution in [0.5, 0.6) is 0 Å². The summed E-state index contributed by atoms with van der Waals surface area (Å²) in [6.45, 7) is -0.236. The number of fused-ring (bicyclic) bond motifs is 1. The Morgan fingerprint density at radius 2 is 1.97 bits per heavy atom. The number of amides is 2. The topological polar surface area (TPSA) is 87.6 Å². The minimum atomic E-state index is -4.65. The molecule has 0 saturated carbocycles. The van der Waals surface area contributed by atoms with Crippen molar-refractivity contribution in [3.8, 4) is 5.69 Å². The number of anilines is 1. The van der Waals surface area contributed by atoms with Crippen molar-refractivity contribution in [2.45, 2.75) is 12.7 Å². The van der Waals surface area contributed by atoms with E-state index in [1.54, 1.807) is 30.3 Å². The molecule has 7 nitrogen and oxygen atoms in total. The van der Waals surface area contributed by atoms with E-state index in [4.69, 9.17) is 23.2 Å². The van der Waals surface area contributed by atoms with Crippen LogP contribution in [0.4, 0.5) is 23.7 Å². The molecule has 0 spiro atoms. The van der Waals surface area contributed by atoms with Crippen LogP contribution in [0.1, 0.15) is 11.4 Å². The van der Waals surface area contributed by atoms with E-state index in [0.717, 1.165) is 10.7 Å². The van der Waals surface area contributed by atoms with Crippen LogP contribution in [0.25, 0.3) is 16.6 Å². The first kappa shape index (κ1) is 21.0. The number of urea groups is 1. The van der Waals surface area contributed by atoms with E-state index in [1.165, 1.54) is 12.3 Å². The van der Waals surface area contributed by atoms with Crippen LogP contribution in [0, 0.1) is 0 Å². The normalized spacial score (nSPS) is 11.6. The Morgan fingerprint density at radius 1 is 1.16 bits per heavy atom. The predicted molar refractivity (Wildman–Crippen MR) is 111 cm³/mol. The number of carbonyl (C=O) groups excluding carboxylic acids is 1. The molecule has 4 rings (SSSR count). The Bertz CT molecular complexity index is 1270. The standard InChI is InChI=1S/C19H13Cl2F3N6O/c20-10-2-1-3-11(6-10)30-12(7-16(29-30)19(22,23)24)8-25-18(31)27-17-13-9-26-28-15(13)5-4-14(17)21/h1-7,9H,8H2,(H,26,28)(H2,25,27,31). The van der Waals surface area contributed by atoms with Crippen molar-refractivity contribution in [1.82, 2.24) is 25.3 Å². The van der Waals surface area contributed by atoms with Crippen LogP contribution in [0.2, 0.25) is 10.0 Å². The first-order valence-electron chi connectivity index (χ1n) is 8.81. The number of H-pyrrole nitrogens is 1. The summed E-state index contributed by atoms with van der Waals surface area (Å²) < 4.78 is 40.7. The number of nitrogens with zero attached hydrogens (tertiary/aromatic N) is 3. The average Bonchev–Trinajstić information content (AvgIpc) is 3.35. The zero-order valence-corrected chi connectivity index (χ0v) is 17.0. The maximum absolute atomic E-state index is 13.2. The van der Waals surface area contributed by atoms with Gasteiger partial charge in [0, 0.05) is 10.4 Å². The number of carbonyl (C=O) groups is 1. The van der Waals surface area contributed by atoms with Crippen molar-refractivity contribution < 1.29 is 18.0 Å². The molecule has 3 N–H and O–H groups in total. The van der Waals surface area contributed by atoms with Crippen molar-refractivity contribution in [3.05, 3.63) is 70.1 Å². The summed E-state index contributed by atoms with van der Waals surface area (Å²) in [6.07, 6.45) is -3.15. The largest absolute Gasteiger partial charge is 0.435 e. The molecule has 2 heterocycles. The fourth-order valence-electron chi connectivity index (χ4n) is 2.96. The van der Waals surface area contributed by atoms with Crippen molar-refractivity contribution in [1.29, 1.82) is 0 Å². The number of aromatic nitrogens is 4. The summed E-state index contributed by atoms with van der Waals surface area (Å²) >= 11 is 12.1. The van der Waals surface area contributed by atoms with E-state index in [0.29, 0.717) is 27.3 Å². The van der Waals surface area contributed by atoms with E-state index in [-0.39, 0.29) is 17.3 Å².